The van der Waals surface area contributed by atoms with Crippen molar-refractivity contribution in [2.24, 2.45) is 0 Å². The van der Waals surface area contributed by atoms with Crippen molar-refractivity contribution >= 4 is 23.8 Å². The number of fused-ring (bicyclic) bond motifs is 1. The summed E-state index contributed by atoms with van der Waals surface area (Å²) >= 11 is 0. The predicted octanol–water partition coefficient (Wildman–Crippen LogP) is 0.0206. The fraction of sp³-hybridized carbons (Fsp3) is 0.250. The molecule has 0 unspecified atom stereocenters. The molecule has 0 fully saturated rings. The van der Waals surface area contributed by atoms with Crippen molar-refractivity contribution in [3.63, 3.8) is 0 Å². The molecule has 0 saturated carbocycles. The molecule has 1 aromatic rings. The van der Waals surface area contributed by atoms with Crippen molar-refractivity contribution in [1.29, 1.82) is 0 Å². The Hall–Kier alpha value is -2.01. The van der Waals surface area contributed by atoms with Crippen molar-refractivity contribution in [2.45, 2.75) is 13.0 Å². The van der Waals surface area contributed by atoms with E-state index in [0.29, 0.717) is 12.2 Å². The van der Waals surface area contributed by atoms with Gasteiger partial charge in [-0.1, -0.05) is 12.1 Å². The van der Waals surface area contributed by atoms with E-state index in [0.717, 1.165) is 16.0 Å². The zero-order valence-corrected chi connectivity index (χ0v) is 9.40. The monoisotopic (exact) mass is 232 g/mol. The molecule has 1 aromatic carbocycles. The minimum absolute atomic E-state index is 0.161. The molecule has 88 valence electrons. The van der Waals surface area contributed by atoms with E-state index in [1.54, 1.807) is 6.07 Å². The third-order valence-electron chi connectivity index (χ3n) is 2.68. The minimum Gasteiger partial charge on any atom is -0.316 e. The van der Waals surface area contributed by atoms with E-state index in [2.05, 4.69) is 5.32 Å². The fourth-order valence-electron chi connectivity index (χ4n) is 1.98. The summed E-state index contributed by atoms with van der Waals surface area (Å²) in [5.74, 6) is -1.16. The predicted molar refractivity (Wildman–Crippen MR) is 61.5 cm³/mol. The summed E-state index contributed by atoms with van der Waals surface area (Å²) in [6.07, 6.45) is 0.334. The van der Waals surface area contributed by atoms with Crippen LogP contribution in [0.1, 0.15) is 11.1 Å². The summed E-state index contributed by atoms with van der Waals surface area (Å²) in [4.78, 5) is 34.4. The zero-order valence-electron chi connectivity index (χ0n) is 9.40. The molecular weight excluding hydrogens is 220 g/mol. The quantitative estimate of drug-likeness (QED) is 0.589. The summed E-state index contributed by atoms with van der Waals surface area (Å²) < 4.78 is 0. The van der Waals surface area contributed by atoms with Gasteiger partial charge in [-0.3, -0.25) is 14.4 Å². The van der Waals surface area contributed by atoms with E-state index < -0.39 is 5.91 Å². The van der Waals surface area contributed by atoms with Gasteiger partial charge in [0.15, 0.2) is 0 Å². The Morgan fingerprint density at radius 1 is 1.53 bits per heavy atom. The van der Waals surface area contributed by atoms with Crippen molar-refractivity contribution in [3.05, 3.63) is 29.3 Å². The van der Waals surface area contributed by atoms with Crippen molar-refractivity contribution in [2.75, 3.05) is 11.9 Å². The molecule has 5 heteroatoms. The summed E-state index contributed by atoms with van der Waals surface area (Å²) in [7, 11) is 1.83. The van der Waals surface area contributed by atoms with Gasteiger partial charge in [-0.15, -0.1) is 0 Å². The highest BCUT2D eigenvalue weighted by Gasteiger charge is 2.31. The second-order valence-corrected chi connectivity index (χ2v) is 3.86. The summed E-state index contributed by atoms with van der Waals surface area (Å²) in [5, 5.41) is 3.01. The molecule has 2 rings (SSSR count). The standard InChI is InChI=1S/C12H12N2O3/c1-13-6-8-2-3-10-9(4-8)5-11(16)14(10)12(17)7-15/h2-4,7,13H,5-6H2,1H3. The number of nitrogens with one attached hydrogen (secondary N) is 1. The molecule has 1 heterocycles. The number of aldehydes is 1. The van der Waals surface area contributed by atoms with E-state index >= 15 is 0 Å². The highest BCUT2D eigenvalue weighted by molar-refractivity contribution is 6.39. The Balaban J connectivity index is 2.38. The molecule has 5 nitrogen and oxygen atoms in total. The molecule has 0 bridgehead atoms. The van der Waals surface area contributed by atoms with Crippen LogP contribution in [0.15, 0.2) is 18.2 Å². The number of carbonyl (C=O) groups is 3. The number of hydrogen-bond acceptors (Lipinski definition) is 4. The van der Waals surface area contributed by atoms with E-state index in [-0.39, 0.29) is 18.6 Å². The van der Waals surface area contributed by atoms with Crippen LogP contribution in [0.25, 0.3) is 0 Å². The Kier molecular flexibility index (Phi) is 3.01. The van der Waals surface area contributed by atoms with Gasteiger partial charge < -0.3 is 5.32 Å². The van der Waals surface area contributed by atoms with E-state index in [1.807, 2.05) is 19.2 Å². The molecule has 0 spiro atoms. The first kappa shape index (κ1) is 11.5. The Morgan fingerprint density at radius 3 is 2.94 bits per heavy atom. The number of rotatable bonds is 3. The molecule has 1 N–H and O–H groups in total. The SMILES string of the molecule is CNCc1ccc2c(c1)CC(=O)N2C(=O)C=O. The normalized spacial score (nSPS) is 13.7. The largest absolute Gasteiger partial charge is 0.316 e. The fourth-order valence-corrected chi connectivity index (χ4v) is 1.98. The smallest absolute Gasteiger partial charge is 0.297 e. The van der Waals surface area contributed by atoms with Crippen LogP contribution in [0.4, 0.5) is 5.69 Å². The van der Waals surface area contributed by atoms with E-state index in [4.69, 9.17) is 0 Å². The average molecular weight is 232 g/mol. The maximum absolute atomic E-state index is 11.6. The van der Waals surface area contributed by atoms with Gasteiger partial charge in [-0.25, -0.2) is 4.90 Å². The van der Waals surface area contributed by atoms with Crippen LogP contribution < -0.4 is 10.2 Å². The van der Waals surface area contributed by atoms with Crippen molar-refractivity contribution in [1.82, 2.24) is 5.32 Å². The van der Waals surface area contributed by atoms with Crippen LogP contribution in [-0.2, 0) is 27.3 Å². The second-order valence-electron chi connectivity index (χ2n) is 3.86. The van der Waals surface area contributed by atoms with Crippen LogP contribution in [0.2, 0.25) is 0 Å². The molecule has 17 heavy (non-hydrogen) atoms. The first-order chi connectivity index (χ1) is 8.17. The van der Waals surface area contributed by atoms with Crippen LogP contribution in [0.5, 0.6) is 0 Å². The van der Waals surface area contributed by atoms with Gasteiger partial charge in [-0.05, 0) is 24.2 Å². The molecule has 1 aliphatic heterocycles. The summed E-state index contributed by atoms with van der Waals surface area (Å²) in [5.41, 5.74) is 2.35. The molecule has 0 radical (unpaired) electrons. The van der Waals surface area contributed by atoms with Crippen molar-refractivity contribution in [3.8, 4) is 0 Å². The summed E-state index contributed by atoms with van der Waals surface area (Å²) in [6.45, 7) is 0.698. The Morgan fingerprint density at radius 2 is 2.29 bits per heavy atom. The number of carbonyl (C=O) groups excluding carboxylic acids is 3. The van der Waals surface area contributed by atoms with E-state index in [9.17, 15) is 14.4 Å². The van der Waals surface area contributed by atoms with Gasteiger partial charge in [0.1, 0.15) is 0 Å². The minimum atomic E-state index is -0.810. The highest BCUT2D eigenvalue weighted by atomic mass is 16.2. The Bertz CT molecular complexity index is 497. The molecular formula is C12H12N2O3. The zero-order chi connectivity index (χ0) is 12.4. The molecule has 1 aliphatic rings. The lowest BCUT2D eigenvalue weighted by Crippen LogP contribution is -2.34. The average Bonchev–Trinajstić information content (AvgIpc) is 2.64. The summed E-state index contributed by atoms with van der Waals surface area (Å²) in [6, 6.07) is 5.41. The molecule has 0 aromatic heterocycles. The molecule has 0 atom stereocenters. The van der Waals surface area contributed by atoms with E-state index in [1.165, 1.54) is 0 Å². The number of nitrogens with zero attached hydrogens (tertiary/aromatic N) is 1. The molecule has 0 saturated heterocycles. The second kappa shape index (κ2) is 4.47. The topological polar surface area (TPSA) is 66.5 Å². The first-order valence-corrected chi connectivity index (χ1v) is 5.26. The van der Waals surface area contributed by atoms with Gasteiger partial charge >= 0.3 is 0 Å². The third kappa shape index (κ3) is 1.97. The molecule has 0 aliphatic carbocycles. The lowest BCUT2D eigenvalue weighted by molar-refractivity contribution is -0.132. The number of amides is 2. The van der Waals surface area contributed by atoms with Crippen LogP contribution in [0, 0.1) is 0 Å². The highest BCUT2D eigenvalue weighted by Crippen LogP contribution is 2.29. The maximum Gasteiger partial charge on any atom is 0.297 e. The maximum atomic E-state index is 11.6. The van der Waals surface area contributed by atoms with Gasteiger partial charge in [-0.2, -0.15) is 0 Å². The lowest BCUT2D eigenvalue weighted by atomic mass is 10.1. The third-order valence-corrected chi connectivity index (χ3v) is 2.68. The van der Waals surface area contributed by atoms with Gasteiger partial charge in [0.05, 0.1) is 12.1 Å². The van der Waals surface area contributed by atoms with Crippen LogP contribution >= 0.6 is 0 Å². The number of imide groups is 1. The first-order valence-electron chi connectivity index (χ1n) is 5.26. The van der Waals surface area contributed by atoms with Crippen LogP contribution in [-0.4, -0.2) is 25.1 Å². The molecule has 2 amide bonds. The number of benzene rings is 1. The van der Waals surface area contributed by atoms with Gasteiger partial charge in [0.2, 0.25) is 12.2 Å². The number of hydrogen-bond donors (Lipinski definition) is 1. The lowest BCUT2D eigenvalue weighted by Gasteiger charge is -2.12. The number of anilines is 1. The van der Waals surface area contributed by atoms with Gasteiger partial charge in [0, 0.05) is 6.54 Å². The van der Waals surface area contributed by atoms with Crippen molar-refractivity contribution < 1.29 is 14.4 Å². The Labute approximate surface area is 98.4 Å². The van der Waals surface area contributed by atoms with Crippen LogP contribution in [0.3, 0.4) is 0 Å². The van der Waals surface area contributed by atoms with Gasteiger partial charge in [0.25, 0.3) is 5.91 Å².